The Balaban J connectivity index is 1.86. The van der Waals surface area contributed by atoms with Gasteiger partial charge in [-0.05, 0) is 56.7 Å². The lowest BCUT2D eigenvalue weighted by atomic mass is 9.98. The van der Waals surface area contributed by atoms with Crippen molar-refractivity contribution in [2.24, 2.45) is 0 Å². The molecule has 2 N–H and O–H groups in total. The Morgan fingerprint density at radius 2 is 1.85 bits per heavy atom. The van der Waals surface area contributed by atoms with E-state index in [0.717, 1.165) is 44.8 Å². The van der Waals surface area contributed by atoms with E-state index in [4.69, 9.17) is 4.74 Å². The van der Waals surface area contributed by atoms with E-state index in [-0.39, 0.29) is 12.0 Å². The van der Waals surface area contributed by atoms with E-state index >= 15 is 0 Å². The van der Waals surface area contributed by atoms with Crippen molar-refractivity contribution >= 4 is 27.3 Å². The number of hydrogen-bond donors (Lipinski definition) is 2. The van der Waals surface area contributed by atoms with Gasteiger partial charge in [0.25, 0.3) is 0 Å². The molecule has 1 aromatic rings. The summed E-state index contributed by atoms with van der Waals surface area (Å²) >= 11 is 0. The summed E-state index contributed by atoms with van der Waals surface area (Å²) < 4.78 is 32.2. The van der Waals surface area contributed by atoms with Gasteiger partial charge in [-0.15, -0.1) is 0 Å². The minimum atomic E-state index is -3.47. The third-order valence-corrected chi connectivity index (χ3v) is 5.16. The van der Waals surface area contributed by atoms with Gasteiger partial charge in [-0.1, -0.05) is 6.42 Å². The van der Waals surface area contributed by atoms with E-state index < -0.39 is 10.0 Å². The van der Waals surface area contributed by atoms with Gasteiger partial charge >= 0.3 is 0 Å². The molecule has 0 saturated heterocycles. The topological polar surface area (TPSA) is 87.7 Å². The molecule has 2 fully saturated rings. The monoisotopic (exact) mass is 381 g/mol. The highest BCUT2D eigenvalue weighted by atomic mass is 32.2. The van der Waals surface area contributed by atoms with Crippen LogP contribution in [0.3, 0.4) is 0 Å². The summed E-state index contributed by atoms with van der Waals surface area (Å²) in [5, 5.41) is 1.47. The van der Waals surface area contributed by atoms with Crippen LogP contribution in [0.5, 0.6) is 5.75 Å². The number of sulfonamides is 1. The maximum Gasteiger partial charge on any atom is 0.238 e. The summed E-state index contributed by atoms with van der Waals surface area (Å²) in [7, 11) is -3.47. The molecule has 0 aliphatic heterocycles. The first-order valence-electron chi connectivity index (χ1n) is 9.17. The van der Waals surface area contributed by atoms with Crippen molar-refractivity contribution in [2.45, 2.75) is 64.0 Å². The molecule has 144 valence electrons. The number of hydrazine groups is 1. The second-order valence-electron chi connectivity index (χ2n) is 7.19. The first-order chi connectivity index (χ1) is 12.3. The fraction of sp³-hybridized carbons (Fsp3) is 0.611. The number of amides is 1. The van der Waals surface area contributed by atoms with Gasteiger partial charge in [0.1, 0.15) is 5.75 Å². The molecule has 2 aliphatic rings. The maximum atomic E-state index is 12.0. The molecule has 0 bridgehead atoms. The third kappa shape index (κ3) is 5.35. The van der Waals surface area contributed by atoms with Gasteiger partial charge < -0.3 is 4.74 Å². The van der Waals surface area contributed by atoms with Crippen LogP contribution >= 0.6 is 0 Å². The Bertz CT molecular complexity index is 756. The molecule has 0 unspecified atom stereocenters. The van der Waals surface area contributed by atoms with Crippen molar-refractivity contribution in [1.82, 2.24) is 5.43 Å². The largest absolute Gasteiger partial charge is 0.488 e. The van der Waals surface area contributed by atoms with Crippen molar-refractivity contribution in [3.8, 4) is 5.75 Å². The minimum Gasteiger partial charge on any atom is -0.488 e. The van der Waals surface area contributed by atoms with Crippen LogP contribution in [-0.4, -0.2) is 32.7 Å². The second-order valence-corrected chi connectivity index (χ2v) is 8.94. The predicted molar refractivity (Wildman–Crippen MR) is 102 cm³/mol. The van der Waals surface area contributed by atoms with Gasteiger partial charge in [0, 0.05) is 13.0 Å². The van der Waals surface area contributed by atoms with Gasteiger partial charge in [-0.3, -0.25) is 9.52 Å². The predicted octanol–water partition coefficient (Wildman–Crippen LogP) is 2.79. The van der Waals surface area contributed by atoms with E-state index in [1.54, 1.807) is 18.2 Å². The van der Waals surface area contributed by atoms with Crippen LogP contribution in [0.4, 0.5) is 11.4 Å². The maximum absolute atomic E-state index is 12.0. The van der Waals surface area contributed by atoms with E-state index in [0.29, 0.717) is 23.2 Å². The number of nitrogens with zero attached hydrogens (tertiary/aromatic N) is 1. The lowest BCUT2D eigenvalue weighted by Crippen LogP contribution is -2.43. The molecule has 2 saturated carbocycles. The fourth-order valence-electron chi connectivity index (χ4n) is 3.14. The Labute approximate surface area is 155 Å². The Morgan fingerprint density at radius 1 is 1.15 bits per heavy atom. The van der Waals surface area contributed by atoms with Crippen LogP contribution in [0.1, 0.15) is 51.9 Å². The lowest BCUT2D eigenvalue weighted by molar-refractivity contribution is -0.117. The molecule has 0 radical (unpaired) electrons. The van der Waals surface area contributed by atoms with Crippen LogP contribution in [-0.2, 0) is 14.8 Å². The summed E-state index contributed by atoms with van der Waals surface area (Å²) in [6, 6.07) is 5.46. The number of rotatable bonds is 7. The lowest BCUT2D eigenvalue weighted by Gasteiger charge is -2.26. The van der Waals surface area contributed by atoms with Crippen LogP contribution in [0, 0.1) is 0 Å². The average Bonchev–Trinajstić information content (AvgIpc) is 3.38. The first kappa shape index (κ1) is 19.0. The standard InChI is InChI=1S/C18H27N3O4S/c1-13(22)21(19-14-8-9-14)15-10-11-18(17(12-15)20-26(2,23)24)25-16-6-4-3-5-7-16/h10-12,14,16,19-20H,3-9H2,1-2H3. The molecular weight excluding hydrogens is 354 g/mol. The number of carbonyl (C=O) groups excluding carboxylic acids is 1. The second kappa shape index (κ2) is 7.84. The number of hydrogen-bond acceptors (Lipinski definition) is 5. The van der Waals surface area contributed by atoms with Crippen molar-refractivity contribution in [3.63, 3.8) is 0 Å². The Morgan fingerprint density at radius 3 is 2.42 bits per heavy atom. The zero-order valence-corrected chi connectivity index (χ0v) is 16.1. The smallest absolute Gasteiger partial charge is 0.238 e. The summed E-state index contributed by atoms with van der Waals surface area (Å²) in [5.74, 6) is 0.351. The van der Waals surface area contributed by atoms with Crippen molar-refractivity contribution < 1.29 is 17.9 Å². The molecule has 7 nitrogen and oxygen atoms in total. The van der Waals surface area contributed by atoms with Crippen molar-refractivity contribution in [2.75, 3.05) is 16.0 Å². The molecule has 8 heteroatoms. The van der Waals surface area contributed by atoms with Crippen LogP contribution in [0.2, 0.25) is 0 Å². The number of anilines is 2. The van der Waals surface area contributed by atoms with Gasteiger partial charge in [0.05, 0.1) is 23.7 Å². The average molecular weight is 381 g/mol. The van der Waals surface area contributed by atoms with Gasteiger partial charge in [0.15, 0.2) is 0 Å². The number of benzene rings is 1. The number of nitrogens with one attached hydrogen (secondary N) is 2. The third-order valence-electron chi connectivity index (χ3n) is 4.57. The number of carbonyl (C=O) groups is 1. The number of ether oxygens (including phenoxy) is 1. The molecule has 1 amide bonds. The Kier molecular flexibility index (Phi) is 5.72. The van der Waals surface area contributed by atoms with Crippen LogP contribution in [0.25, 0.3) is 0 Å². The van der Waals surface area contributed by atoms with Gasteiger partial charge in [-0.2, -0.15) is 0 Å². The Hall–Kier alpha value is -1.80. The minimum absolute atomic E-state index is 0.100. The highest BCUT2D eigenvalue weighted by molar-refractivity contribution is 7.92. The molecule has 0 atom stereocenters. The van der Waals surface area contributed by atoms with E-state index in [1.165, 1.54) is 18.4 Å². The molecular formula is C18H27N3O4S. The first-order valence-corrected chi connectivity index (χ1v) is 11.1. The zero-order chi connectivity index (χ0) is 18.7. The van der Waals surface area contributed by atoms with Crippen molar-refractivity contribution in [1.29, 1.82) is 0 Å². The van der Waals surface area contributed by atoms with Gasteiger partial charge in [-0.25, -0.2) is 18.9 Å². The van der Waals surface area contributed by atoms with E-state index in [9.17, 15) is 13.2 Å². The highest BCUT2D eigenvalue weighted by Crippen LogP contribution is 2.34. The fourth-order valence-corrected chi connectivity index (χ4v) is 3.70. The molecule has 3 rings (SSSR count). The van der Waals surface area contributed by atoms with Gasteiger partial charge in [0.2, 0.25) is 15.9 Å². The molecule has 1 aromatic carbocycles. The van der Waals surface area contributed by atoms with Crippen LogP contribution < -0.4 is 19.9 Å². The summed E-state index contributed by atoms with van der Waals surface area (Å²) in [6.07, 6.45) is 8.68. The quantitative estimate of drug-likeness (QED) is 0.709. The molecule has 2 aliphatic carbocycles. The summed E-state index contributed by atoms with van der Waals surface area (Å²) in [6.45, 7) is 1.48. The van der Waals surface area contributed by atoms with Crippen molar-refractivity contribution in [3.05, 3.63) is 18.2 Å². The molecule has 0 spiro atoms. The van der Waals surface area contributed by atoms with E-state index in [1.807, 2.05) is 0 Å². The zero-order valence-electron chi connectivity index (χ0n) is 15.3. The SMILES string of the molecule is CC(=O)N(NC1CC1)c1ccc(OC2CCCCC2)c(NS(C)(=O)=O)c1. The molecule has 26 heavy (non-hydrogen) atoms. The highest BCUT2D eigenvalue weighted by Gasteiger charge is 2.26. The summed E-state index contributed by atoms with van der Waals surface area (Å²) in [4.78, 5) is 12.0. The molecule has 0 aromatic heterocycles. The van der Waals surface area contributed by atoms with E-state index in [2.05, 4.69) is 10.1 Å². The molecule has 0 heterocycles. The van der Waals surface area contributed by atoms with Crippen LogP contribution in [0.15, 0.2) is 18.2 Å². The summed E-state index contributed by atoms with van der Waals surface area (Å²) in [5.41, 5.74) is 4.11. The normalized spacial score (nSPS) is 18.4.